The normalized spacial score (nSPS) is 19.8. The van der Waals surface area contributed by atoms with Gasteiger partial charge in [-0.15, -0.1) is 0 Å². The number of likely N-dealkylation sites (N-methyl/N-ethyl adjacent to an activating group) is 1. The largest absolute Gasteiger partial charge is 0.330 e. The fraction of sp³-hybridized carbons (Fsp3) is 0.750. The molecule has 2 heterocycles. The van der Waals surface area contributed by atoms with Crippen LogP contribution < -0.4 is 5.73 Å². The van der Waals surface area contributed by atoms with Gasteiger partial charge in [-0.05, 0) is 33.4 Å². The predicted octanol–water partition coefficient (Wildman–Crippen LogP) is 1.05. The molecule has 4 heteroatoms. The molecule has 0 radical (unpaired) electrons. The van der Waals surface area contributed by atoms with Gasteiger partial charge in [0.2, 0.25) is 0 Å². The first-order valence-corrected chi connectivity index (χ1v) is 5.98. The minimum Gasteiger partial charge on any atom is -0.330 e. The zero-order valence-electron chi connectivity index (χ0n) is 10.7. The zero-order valence-corrected chi connectivity index (χ0v) is 10.7. The third-order valence-electron chi connectivity index (χ3n) is 3.62. The van der Waals surface area contributed by atoms with Crippen LogP contribution in [-0.4, -0.2) is 41.4 Å². The first-order valence-electron chi connectivity index (χ1n) is 5.98. The topological polar surface area (TPSA) is 47.1 Å². The number of aromatic nitrogens is 2. The van der Waals surface area contributed by atoms with Crippen LogP contribution in [0.3, 0.4) is 0 Å². The van der Waals surface area contributed by atoms with E-state index in [0.29, 0.717) is 18.5 Å². The first-order chi connectivity index (χ1) is 7.54. The second kappa shape index (κ2) is 4.18. The average molecular weight is 222 g/mol. The summed E-state index contributed by atoms with van der Waals surface area (Å²) in [6.07, 6.45) is 0. The Morgan fingerprint density at radius 3 is 2.56 bits per heavy atom. The van der Waals surface area contributed by atoms with Gasteiger partial charge in [-0.1, -0.05) is 6.92 Å². The molecular weight excluding hydrogens is 200 g/mol. The van der Waals surface area contributed by atoms with Gasteiger partial charge in [-0.2, -0.15) is 5.10 Å². The molecular formula is C12H22N4. The van der Waals surface area contributed by atoms with Crippen molar-refractivity contribution in [2.75, 3.05) is 26.7 Å². The third-order valence-corrected chi connectivity index (χ3v) is 3.62. The molecule has 1 aliphatic heterocycles. The van der Waals surface area contributed by atoms with Crippen LogP contribution in [0.4, 0.5) is 0 Å². The van der Waals surface area contributed by atoms with E-state index in [0.717, 1.165) is 18.8 Å². The maximum absolute atomic E-state index is 5.75. The molecule has 1 unspecified atom stereocenters. The molecule has 0 aliphatic carbocycles. The minimum atomic E-state index is 0.409. The van der Waals surface area contributed by atoms with E-state index in [4.69, 9.17) is 5.73 Å². The first kappa shape index (κ1) is 11.6. The summed E-state index contributed by atoms with van der Waals surface area (Å²) >= 11 is 0. The summed E-state index contributed by atoms with van der Waals surface area (Å²) in [6, 6.07) is 0.558. The van der Waals surface area contributed by atoms with Gasteiger partial charge >= 0.3 is 0 Å². The van der Waals surface area contributed by atoms with E-state index in [1.807, 2.05) is 0 Å². The minimum absolute atomic E-state index is 0.409. The van der Waals surface area contributed by atoms with Crippen molar-refractivity contribution in [3.8, 4) is 0 Å². The molecule has 16 heavy (non-hydrogen) atoms. The van der Waals surface area contributed by atoms with Crippen LogP contribution in [-0.2, 0) is 0 Å². The molecule has 0 bridgehead atoms. The molecule has 1 saturated heterocycles. The Hall–Kier alpha value is -0.870. The lowest BCUT2D eigenvalue weighted by Gasteiger charge is -2.36. The molecule has 1 aromatic rings. The second-order valence-corrected chi connectivity index (χ2v) is 5.04. The van der Waals surface area contributed by atoms with E-state index in [1.165, 1.54) is 11.3 Å². The fourth-order valence-electron chi connectivity index (χ4n) is 2.68. The van der Waals surface area contributed by atoms with Gasteiger partial charge in [0.25, 0.3) is 0 Å². The molecule has 90 valence electrons. The Morgan fingerprint density at radius 1 is 1.44 bits per heavy atom. The van der Waals surface area contributed by atoms with Crippen molar-refractivity contribution in [3.63, 3.8) is 0 Å². The molecule has 1 atom stereocenters. The van der Waals surface area contributed by atoms with Crippen LogP contribution in [0.5, 0.6) is 0 Å². The zero-order chi connectivity index (χ0) is 11.9. The van der Waals surface area contributed by atoms with E-state index >= 15 is 0 Å². The van der Waals surface area contributed by atoms with E-state index in [9.17, 15) is 0 Å². The summed E-state index contributed by atoms with van der Waals surface area (Å²) in [6.45, 7) is 9.34. The number of likely N-dealkylation sites (tertiary alicyclic amines) is 1. The van der Waals surface area contributed by atoms with Crippen molar-refractivity contribution < 1.29 is 0 Å². The highest BCUT2D eigenvalue weighted by Gasteiger charge is 2.28. The van der Waals surface area contributed by atoms with Crippen LogP contribution >= 0.6 is 0 Å². The maximum Gasteiger partial charge on any atom is 0.0775 e. The van der Waals surface area contributed by atoms with Gasteiger partial charge in [0.15, 0.2) is 0 Å². The SMILES string of the molecule is Cc1nn(C2CN(C)C2)c(C)c1C(C)CN. The maximum atomic E-state index is 5.75. The Labute approximate surface area is 97.4 Å². The molecule has 0 aromatic carbocycles. The summed E-state index contributed by atoms with van der Waals surface area (Å²) in [4.78, 5) is 2.31. The third kappa shape index (κ3) is 1.76. The highest BCUT2D eigenvalue weighted by atomic mass is 15.4. The van der Waals surface area contributed by atoms with Crippen molar-refractivity contribution in [2.45, 2.75) is 32.7 Å². The van der Waals surface area contributed by atoms with Gasteiger partial charge in [-0.3, -0.25) is 4.68 Å². The van der Waals surface area contributed by atoms with Gasteiger partial charge in [0.05, 0.1) is 11.7 Å². The lowest BCUT2D eigenvalue weighted by Crippen LogP contribution is -2.45. The Morgan fingerprint density at radius 2 is 2.06 bits per heavy atom. The smallest absolute Gasteiger partial charge is 0.0775 e. The lowest BCUT2D eigenvalue weighted by molar-refractivity contribution is 0.128. The van der Waals surface area contributed by atoms with Crippen LogP contribution in [0, 0.1) is 13.8 Å². The summed E-state index contributed by atoms with van der Waals surface area (Å²) < 4.78 is 2.19. The number of aryl methyl sites for hydroxylation is 1. The molecule has 1 aliphatic rings. The van der Waals surface area contributed by atoms with Crippen molar-refractivity contribution in [2.24, 2.45) is 5.73 Å². The van der Waals surface area contributed by atoms with Gasteiger partial charge < -0.3 is 10.6 Å². The monoisotopic (exact) mass is 222 g/mol. The van der Waals surface area contributed by atoms with Crippen molar-refractivity contribution in [1.82, 2.24) is 14.7 Å². The summed E-state index contributed by atoms with van der Waals surface area (Å²) in [5.74, 6) is 0.409. The fourth-order valence-corrected chi connectivity index (χ4v) is 2.68. The predicted molar refractivity (Wildman–Crippen MR) is 65.7 cm³/mol. The van der Waals surface area contributed by atoms with E-state index in [-0.39, 0.29) is 0 Å². The van der Waals surface area contributed by atoms with Gasteiger partial charge in [-0.25, -0.2) is 0 Å². The van der Waals surface area contributed by atoms with Gasteiger partial charge in [0, 0.05) is 24.3 Å². The second-order valence-electron chi connectivity index (χ2n) is 5.04. The van der Waals surface area contributed by atoms with Crippen molar-refractivity contribution >= 4 is 0 Å². The highest BCUT2D eigenvalue weighted by Crippen LogP contribution is 2.27. The summed E-state index contributed by atoms with van der Waals surface area (Å²) in [7, 11) is 2.14. The Balaban J connectivity index is 2.28. The van der Waals surface area contributed by atoms with Crippen LogP contribution in [0.25, 0.3) is 0 Å². The summed E-state index contributed by atoms with van der Waals surface area (Å²) in [5, 5.41) is 4.67. The molecule has 1 aromatic heterocycles. The number of hydrogen-bond donors (Lipinski definition) is 1. The molecule has 0 saturated carbocycles. The molecule has 0 spiro atoms. The molecule has 2 rings (SSSR count). The summed E-state index contributed by atoms with van der Waals surface area (Å²) in [5.41, 5.74) is 9.54. The Kier molecular flexibility index (Phi) is 3.04. The standard InChI is InChI=1S/C12H22N4/c1-8(5-13)12-9(2)14-16(10(12)3)11-6-15(4)7-11/h8,11H,5-7,13H2,1-4H3. The highest BCUT2D eigenvalue weighted by molar-refractivity contribution is 5.29. The van der Waals surface area contributed by atoms with E-state index in [2.05, 4.69) is 42.5 Å². The number of hydrogen-bond acceptors (Lipinski definition) is 3. The number of rotatable bonds is 3. The molecule has 1 fully saturated rings. The molecule has 4 nitrogen and oxygen atoms in total. The molecule has 2 N–H and O–H groups in total. The van der Waals surface area contributed by atoms with Crippen LogP contribution in [0.1, 0.15) is 35.8 Å². The number of nitrogens with zero attached hydrogens (tertiary/aromatic N) is 3. The quantitative estimate of drug-likeness (QED) is 0.831. The van der Waals surface area contributed by atoms with Crippen LogP contribution in [0.2, 0.25) is 0 Å². The van der Waals surface area contributed by atoms with E-state index in [1.54, 1.807) is 0 Å². The molecule has 0 amide bonds. The van der Waals surface area contributed by atoms with Crippen molar-refractivity contribution in [3.05, 3.63) is 17.0 Å². The lowest BCUT2D eigenvalue weighted by atomic mass is 9.99. The average Bonchev–Trinajstić information content (AvgIpc) is 2.49. The van der Waals surface area contributed by atoms with Crippen LogP contribution in [0.15, 0.2) is 0 Å². The Bertz CT molecular complexity index is 377. The van der Waals surface area contributed by atoms with Crippen molar-refractivity contribution in [1.29, 1.82) is 0 Å². The number of nitrogens with two attached hydrogens (primary N) is 1. The van der Waals surface area contributed by atoms with E-state index < -0.39 is 0 Å². The van der Waals surface area contributed by atoms with Gasteiger partial charge in [0.1, 0.15) is 0 Å².